The molecule has 0 saturated carbocycles. The summed E-state index contributed by atoms with van der Waals surface area (Å²) >= 11 is 0. The predicted octanol–water partition coefficient (Wildman–Crippen LogP) is 4.04. The van der Waals surface area contributed by atoms with Crippen LogP contribution in [0.15, 0.2) is 36.4 Å². The third-order valence-electron chi connectivity index (χ3n) is 3.96. The molecule has 1 N–H and O–H groups in total. The first-order valence-corrected chi connectivity index (χ1v) is 10.2. The summed E-state index contributed by atoms with van der Waals surface area (Å²) in [5.74, 6) is -0.137. The molecule has 0 bridgehead atoms. The summed E-state index contributed by atoms with van der Waals surface area (Å²) in [5, 5.41) is 3.68. The summed E-state index contributed by atoms with van der Waals surface area (Å²) in [7, 11) is -2.50. The third-order valence-corrected chi connectivity index (χ3v) is 5.47. The van der Waals surface area contributed by atoms with Gasteiger partial charge in [-0.2, -0.15) is 0 Å². The summed E-state index contributed by atoms with van der Waals surface area (Å²) in [4.78, 5) is 12.4. The molecule has 23 heavy (non-hydrogen) atoms. The van der Waals surface area contributed by atoms with E-state index in [1.165, 1.54) is 0 Å². The van der Waals surface area contributed by atoms with Crippen LogP contribution in [0, 0.1) is 13.8 Å². The number of rotatable bonds is 2. The monoisotopic (exact) mass is 325 g/mol. The first-order chi connectivity index (χ1) is 10.8. The summed E-state index contributed by atoms with van der Waals surface area (Å²) in [6.45, 7) is 7.46. The van der Waals surface area contributed by atoms with Gasteiger partial charge in [0, 0.05) is 10.9 Å². The highest BCUT2D eigenvalue weighted by atomic mass is 31.2. The van der Waals surface area contributed by atoms with Crippen LogP contribution in [-0.4, -0.2) is 19.2 Å². The number of carbonyl (C=O) groups excluding carboxylic acids is 1. The van der Waals surface area contributed by atoms with Crippen LogP contribution in [-0.2, 0) is 9.36 Å². The van der Waals surface area contributed by atoms with E-state index in [0.717, 1.165) is 33.2 Å². The van der Waals surface area contributed by atoms with Crippen LogP contribution in [0.1, 0.15) is 22.3 Å². The zero-order chi connectivity index (χ0) is 16.8. The lowest BCUT2D eigenvalue weighted by molar-refractivity contribution is -0.110. The third kappa shape index (κ3) is 3.02. The minimum absolute atomic E-state index is 0.137. The molecule has 0 aromatic heterocycles. The van der Waals surface area contributed by atoms with E-state index in [0.29, 0.717) is 5.57 Å². The van der Waals surface area contributed by atoms with Gasteiger partial charge in [-0.05, 0) is 56.5 Å². The van der Waals surface area contributed by atoms with Gasteiger partial charge in [0.1, 0.15) is 7.14 Å². The van der Waals surface area contributed by atoms with Crippen molar-refractivity contribution >= 4 is 35.7 Å². The maximum Gasteiger partial charge on any atom is 0.256 e. The molecule has 0 aliphatic carbocycles. The Hall–Kier alpha value is -2.12. The number of nitrogens with one attached hydrogen (secondary N) is 1. The van der Waals surface area contributed by atoms with Gasteiger partial charge in [0.05, 0.1) is 11.3 Å². The van der Waals surface area contributed by atoms with Gasteiger partial charge < -0.3 is 9.88 Å². The second kappa shape index (κ2) is 5.50. The highest BCUT2D eigenvalue weighted by molar-refractivity contribution is 7.70. The van der Waals surface area contributed by atoms with Crippen LogP contribution in [0.3, 0.4) is 0 Å². The van der Waals surface area contributed by atoms with Crippen molar-refractivity contribution in [3.05, 3.63) is 58.7 Å². The summed E-state index contributed by atoms with van der Waals surface area (Å²) in [5.41, 5.74) is 5.24. The molecule has 2 aromatic rings. The van der Waals surface area contributed by atoms with Gasteiger partial charge in [0.15, 0.2) is 0 Å². The van der Waals surface area contributed by atoms with E-state index < -0.39 is 7.14 Å². The number of amides is 1. The number of aryl methyl sites for hydroxylation is 2. The number of hydrogen-bond donors (Lipinski definition) is 1. The Morgan fingerprint density at radius 3 is 2.43 bits per heavy atom. The smallest absolute Gasteiger partial charge is 0.256 e. The number of carbonyl (C=O) groups is 1. The van der Waals surface area contributed by atoms with Gasteiger partial charge in [-0.15, -0.1) is 0 Å². The van der Waals surface area contributed by atoms with Crippen LogP contribution in [0.5, 0.6) is 0 Å². The zero-order valence-corrected chi connectivity index (χ0v) is 14.7. The highest BCUT2D eigenvalue weighted by Gasteiger charge is 2.31. The molecule has 0 saturated heterocycles. The lowest BCUT2D eigenvalue weighted by atomic mass is 10.0. The number of benzene rings is 2. The van der Waals surface area contributed by atoms with Gasteiger partial charge in [-0.3, -0.25) is 4.79 Å². The molecule has 3 rings (SSSR count). The maximum absolute atomic E-state index is 12.7. The first-order valence-electron chi connectivity index (χ1n) is 7.56. The Labute approximate surface area is 136 Å². The Balaban J connectivity index is 2.25. The van der Waals surface area contributed by atoms with E-state index >= 15 is 0 Å². The van der Waals surface area contributed by atoms with Gasteiger partial charge in [0.25, 0.3) is 5.91 Å². The van der Waals surface area contributed by atoms with Gasteiger partial charge >= 0.3 is 0 Å². The van der Waals surface area contributed by atoms with Crippen LogP contribution in [0.2, 0.25) is 0 Å². The van der Waals surface area contributed by atoms with Crippen molar-refractivity contribution in [2.24, 2.45) is 0 Å². The van der Waals surface area contributed by atoms with E-state index in [1.807, 2.05) is 56.3 Å². The van der Waals surface area contributed by atoms with Crippen LogP contribution >= 0.6 is 7.14 Å². The maximum atomic E-state index is 12.7. The van der Waals surface area contributed by atoms with Crippen LogP contribution in [0.25, 0.3) is 11.6 Å². The molecular weight excluding hydrogens is 305 g/mol. The lowest BCUT2D eigenvalue weighted by Gasteiger charge is -2.14. The van der Waals surface area contributed by atoms with Crippen LogP contribution in [0.4, 0.5) is 5.69 Å². The number of anilines is 1. The molecule has 0 atom stereocenters. The SMILES string of the molecule is Cc1cccc(C=C2C(=O)Nc3cc(C)cc(P(C)(C)=O)c32)c1. The summed E-state index contributed by atoms with van der Waals surface area (Å²) in [6, 6.07) is 11.9. The van der Waals surface area contributed by atoms with Crippen molar-refractivity contribution in [2.45, 2.75) is 13.8 Å². The Bertz CT molecular complexity index is 890. The van der Waals surface area contributed by atoms with Crippen molar-refractivity contribution < 1.29 is 9.36 Å². The van der Waals surface area contributed by atoms with Crippen molar-refractivity contribution in [3.8, 4) is 0 Å². The van der Waals surface area contributed by atoms with Crippen LogP contribution < -0.4 is 10.6 Å². The molecule has 1 aliphatic rings. The molecule has 1 aliphatic heterocycles. The molecular formula is C19H20NO2P. The lowest BCUT2D eigenvalue weighted by Crippen LogP contribution is -2.10. The second-order valence-corrected chi connectivity index (χ2v) is 9.67. The molecule has 0 radical (unpaired) electrons. The molecule has 1 amide bonds. The minimum Gasteiger partial charge on any atom is -0.321 e. The molecule has 0 unspecified atom stereocenters. The number of fused-ring (bicyclic) bond motifs is 1. The molecule has 0 spiro atoms. The molecule has 0 fully saturated rings. The van der Waals surface area contributed by atoms with E-state index in [-0.39, 0.29) is 5.91 Å². The van der Waals surface area contributed by atoms with E-state index in [1.54, 1.807) is 13.3 Å². The average molecular weight is 325 g/mol. The first kappa shape index (κ1) is 15.8. The van der Waals surface area contributed by atoms with Gasteiger partial charge in [-0.25, -0.2) is 0 Å². The average Bonchev–Trinajstić information content (AvgIpc) is 2.73. The molecule has 2 aromatic carbocycles. The van der Waals surface area contributed by atoms with Gasteiger partial charge in [0.2, 0.25) is 0 Å². The summed E-state index contributed by atoms with van der Waals surface area (Å²) in [6.07, 6.45) is 1.88. The highest BCUT2D eigenvalue weighted by Crippen LogP contribution is 2.43. The molecule has 4 heteroatoms. The largest absolute Gasteiger partial charge is 0.321 e. The fourth-order valence-corrected chi connectivity index (χ4v) is 4.24. The van der Waals surface area contributed by atoms with Gasteiger partial charge in [-0.1, -0.05) is 29.8 Å². The Kier molecular flexibility index (Phi) is 3.77. The molecule has 3 nitrogen and oxygen atoms in total. The van der Waals surface area contributed by atoms with E-state index in [2.05, 4.69) is 5.32 Å². The topological polar surface area (TPSA) is 46.2 Å². The van der Waals surface area contributed by atoms with E-state index in [4.69, 9.17) is 0 Å². The van der Waals surface area contributed by atoms with Crippen molar-refractivity contribution in [3.63, 3.8) is 0 Å². The van der Waals surface area contributed by atoms with Crippen molar-refractivity contribution in [1.29, 1.82) is 0 Å². The number of hydrogen-bond acceptors (Lipinski definition) is 2. The molecule has 1 heterocycles. The Morgan fingerprint density at radius 2 is 1.78 bits per heavy atom. The van der Waals surface area contributed by atoms with Crippen molar-refractivity contribution in [2.75, 3.05) is 18.6 Å². The normalized spacial score (nSPS) is 15.7. The summed E-state index contributed by atoms with van der Waals surface area (Å²) < 4.78 is 12.7. The van der Waals surface area contributed by atoms with Crippen molar-refractivity contribution in [1.82, 2.24) is 0 Å². The minimum atomic E-state index is -2.50. The molecule has 118 valence electrons. The quantitative estimate of drug-likeness (QED) is 0.669. The fourth-order valence-electron chi connectivity index (χ4n) is 2.94. The second-order valence-electron chi connectivity index (χ2n) is 6.48. The zero-order valence-electron chi connectivity index (χ0n) is 13.8. The fraction of sp³-hybridized carbons (Fsp3) is 0.211. The predicted molar refractivity (Wildman–Crippen MR) is 97.9 cm³/mol. The Morgan fingerprint density at radius 1 is 1.04 bits per heavy atom. The van der Waals surface area contributed by atoms with E-state index in [9.17, 15) is 9.36 Å². The standard InChI is InChI=1S/C19H20NO2P/c1-12-6-5-7-14(8-12)11-15-18-16(20-19(15)21)9-13(2)10-17(18)23(3,4)22/h5-11H,1-4H3,(H,20,21).